The predicted molar refractivity (Wildman–Crippen MR) is 140 cm³/mol. The minimum atomic E-state index is -1.66. The number of aryl methyl sites for hydroxylation is 1. The van der Waals surface area contributed by atoms with Crippen molar-refractivity contribution < 1.29 is 28.7 Å². The van der Waals surface area contributed by atoms with Crippen LogP contribution in [0.1, 0.15) is 24.0 Å². The Kier molecular flexibility index (Phi) is 7.79. The smallest absolute Gasteiger partial charge is 0.442 e. The van der Waals surface area contributed by atoms with E-state index in [-0.39, 0.29) is 32.4 Å². The van der Waals surface area contributed by atoms with Gasteiger partial charge in [-0.25, -0.2) is 4.79 Å². The normalized spacial score (nSPS) is 13.3. The van der Waals surface area contributed by atoms with Crippen LogP contribution in [-0.2, 0) is 43.8 Å². The van der Waals surface area contributed by atoms with E-state index < -0.39 is 34.7 Å². The first kappa shape index (κ1) is 26.4. The van der Waals surface area contributed by atoms with Crippen LogP contribution >= 0.6 is 0 Å². The molecule has 0 bridgehead atoms. The monoisotopic (exact) mass is 512 g/mol. The molecular formula is C29H28N4O5. The van der Waals surface area contributed by atoms with Gasteiger partial charge in [0.2, 0.25) is 11.8 Å². The lowest BCUT2D eigenvalue weighted by atomic mass is 9.94. The number of rotatable bonds is 11. The molecule has 1 heterocycles. The average Bonchev–Trinajstić information content (AvgIpc) is 3.68. The third kappa shape index (κ3) is 5.23. The molecule has 0 radical (unpaired) electrons. The summed E-state index contributed by atoms with van der Waals surface area (Å²) in [5.41, 5.74) is 9.56. The van der Waals surface area contributed by atoms with Gasteiger partial charge in [-0.1, -0.05) is 54.6 Å². The number of nitrogens with zero attached hydrogens (tertiary/aromatic N) is 4. The van der Waals surface area contributed by atoms with Crippen LogP contribution in [0.2, 0.25) is 0 Å². The predicted octanol–water partition coefficient (Wildman–Crippen LogP) is 3.07. The second-order valence-corrected chi connectivity index (χ2v) is 9.29. The number of carbonyl (C=O) groups is 4. The van der Waals surface area contributed by atoms with Gasteiger partial charge >= 0.3 is 11.7 Å². The number of carbonyl (C=O) groups excluding carboxylic acids is 4. The largest absolute Gasteiger partial charge is 0.456 e. The Hall–Kier alpha value is -4.62. The Balaban J connectivity index is 1.47. The van der Waals surface area contributed by atoms with Gasteiger partial charge in [0.15, 0.2) is 0 Å². The summed E-state index contributed by atoms with van der Waals surface area (Å²) >= 11 is 0. The Morgan fingerprint density at radius 1 is 1.11 bits per heavy atom. The van der Waals surface area contributed by atoms with E-state index in [1.54, 1.807) is 0 Å². The van der Waals surface area contributed by atoms with E-state index in [4.69, 9.17) is 4.74 Å². The number of benzene rings is 2. The van der Waals surface area contributed by atoms with E-state index in [0.717, 1.165) is 26.9 Å². The molecule has 1 aliphatic rings. The van der Waals surface area contributed by atoms with Crippen molar-refractivity contribution in [2.45, 2.75) is 25.7 Å². The lowest BCUT2D eigenvalue weighted by Gasteiger charge is -2.23. The van der Waals surface area contributed by atoms with E-state index >= 15 is 0 Å². The van der Waals surface area contributed by atoms with Crippen molar-refractivity contribution in [1.29, 1.82) is 0 Å². The number of imide groups is 1. The standard InChI is InChI=1S/C29H28N4O5/c1-3-16-33(24(34)18-21-19-32(2)23-12-8-7-11-22(21)23)28(37)29(14-15-29)26(35)25(31-30)27(36)38-17-13-20-9-5-4-6-10-20/h3-12,19H,1,13-18H2,2H3. The van der Waals surface area contributed by atoms with Crippen molar-refractivity contribution in [1.82, 2.24) is 9.47 Å². The van der Waals surface area contributed by atoms with Gasteiger partial charge in [-0.15, -0.1) is 6.58 Å². The molecule has 0 atom stereocenters. The number of ketones is 1. The van der Waals surface area contributed by atoms with Gasteiger partial charge in [0, 0.05) is 37.1 Å². The van der Waals surface area contributed by atoms with Gasteiger partial charge < -0.3 is 14.8 Å². The number of hydrogen-bond donors (Lipinski definition) is 0. The van der Waals surface area contributed by atoms with Gasteiger partial charge in [-0.3, -0.25) is 19.3 Å². The van der Waals surface area contributed by atoms with Crippen LogP contribution in [0.15, 0.2) is 73.4 Å². The second kappa shape index (κ2) is 11.2. The van der Waals surface area contributed by atoms with E-state index in [1.165, 1.54) is 6.08 Å². The molecule has 4 rings (SSSR count). The van der Waals surface area contributed by atoms with E-state index in [0.29, 0.717) is 6.42 Å². The SMILES string of the molecule is C=CCN(C(=O)Cc1cn(C)c2ccccc12)C(=O)C1(C(=O)C(=[N+]=[N-])C(=O)OCCc2ccccc2)CC1. The molecule has 1 aromatic heterocycles. The second-order valence-electron chi connectivity index (χ2n) is 9.29. The molecule has 194 valence electrons. The molecule has 0 aliphatic heterocycles. The zero-order chi connectivity index (χ0) is 27.3. The van der Waals surface area contributed by atoms with E-state index in [9.17, 15) is 24.7 Å². The zero-order valence-electron chi connectivity index (χ0n) is 21.1. The van der Waals surface area contributed by atoms with Gasteiger partial charge in [0.25, 0.3) is 5.78 Å². The Labute approximate surface area is 219 Å². The fourth-order valence-electron chi connectivity index (χ4n) is 4.55. The highest BCUT2D eigenvalue weighted by Gasteiger charge is 2.63. The van der Waals surface area contributed by atoms with Gasteiger partial charge in [-0.05, 0) is 30.0 Å². The zero-order valence-corrected chi connectivity index (χ0v) is 21.1. The minimum Gasteiger partial charge on any atom is -0.456 e. The fourth-order valence-corrected chi connectivity index (χ4v) is 4.55. The van der Waals surface area contributed by atoms with Crippen molar-refractivity contribution in [3.63, 3.8) is 0 Å². The van der Waals surface area contributed by atoms with E-state index in [1.807, 2.05) is 72.4 Å². The molecule has 0 N–H and O–H groups in total. The van der Waals surface area contributed by atoms with Crippen molar-refractivity contribution in [3.05, 3.63) is 90.1 Å². The lowest BCUT2D eigenvalue weighted by molar-refractivity contribution is -0.150. The molecule has 3 aromatic rings. The highest BCUT2D eigenvalue weighted by molar-refractivity contribution is 6.65. The molecular weight excluding hydrogens is 484 g/mol. The summed E-state index contributed by atoms with van der Waals surface area (Å²) < 4.78 is 7.04. The van der Waals surface area contributed by atoms with Crippen LogP contribution < -0.4 is 0 Å². The molecule has 0 unspecified atom stereocenters. The fraction of sp³-hybridized carbons (Fsp3) is 0.276. The summed E-state index contributed by atoms with van der Waals surface area (Å²) in [5.74, 6) is -3.32. The number of aromatic nitrogens is 1. The summed E-state index contributed by atoms with van der Waals surface area (Å²) in [6, 6.07) is 16.9. The Bertz CT molecular complexity index is 1460. The summed E-state index contributed by atoms with van der Waals surface area (Å²) in [6.07, 6.45) is 3.82. The number of hydrogen-bond acceptors (Lipinski definition) is 5. The van der Waals surface area contributed by atoms with Crippen LogP contribution in [0.4, 0.5) is 0 Å². The van der Waals surface area contributed by atoms with Crippen LogP contribution in [0.5, 0.6) is 0 Å². The molecule has 9 nitrogen and oxygen atoms in total. The first-order valence-electron chi connectivity index (χ1n) is 12.3. The summed E-state index contributed by atoms with van der Waals surface area (Å²) in [5, 5.41) is 0.888. The molecule has 38 heavy (non-hydrogen) atoms. The molecule has 1 aliphatic carbocycles. The molecule has 9 heteroatoms. The van der Waals surface area contributed by atoms with Crippen LogP contribution in [0.3, 0.4) is 0 Å². The van der Waals surface area contributed by atoms with Crippen LogP contribution in [-0.4, -0.2) is 56.7 Å². The van der Waals surface area contributed by atoms with Gasteiger partial charge in [0.05, 0.1) is 13.0 Å². The topological polar surface area (TPSA) is 122 Å². The first-order valence-corrected chi connectivity index (χ1v) is 12.3. The number of esters is 1. The maximum Gasteiger partial charge on any atom is 0.442 e. The minimum absolute atomic E-state index is 0.0395. The van der Waals surface area contributed by atoms with Crippen molar-refractivity contribution in [2.75, 3.05) is 13.2 Å². The molecule has 2 amide bonds. The average molecular weight is 513 g/mol. The number of amides is 2. The quantitative estimate of drug-likeness (QED) is 0.0976. The number of ether oxygens (including phenoxy) is 1. The van der Waals surface area contributed by atoms with Crippen LogP contribution in [0.25, 0.3) is 16.4 Å². The summed E-state index contributed by atoms with van der Waals surface area (Å²) in [7, 11) is 1.87. The number of Topliss-reactive ketones (excluding diaryl/α,β-unsaturated/α-hetero) is 1. The van der Waals surface area contributed by atoms with Crippen molar-refractivity contribution in [2.24, 2.45) is 12.5 Å². The maximum atomic E-state index is 13.5. The summed E-state index contributed by atoms with van der Waals surface area (Å²) in [4.78, 5) is 56.5. The van der Waals surface area contributed by atoms with E-state index in [2.05, 4.69) is 11.4 Å². The maximum absolute atomic E-state index is 13.5. The third-order valence-electron chi connectivity index (χ3n) is 6.75. The molecule has 1 saturated carbocycles. The molecule has 1 fully saturated rings. The first-order chi connectivity index (χ1) is 18.3. The third-order valence-corrected chi connectivity index (χ3v) is 6.75. The highest BCUT2D eigenvalue weighted by Crippen LogP contribution is 2.48. The van der Waals surface area contributed by atoms with Crippen LogP contribution in [0, 0.1) is 5.41 Å². The Morgan fingerprint density at radius 2 is 1.79 bits per heavy atom. The molecule has 0 saturated heterocycles. The Morgan fingerprint density at radius 3 is 2.45 bits per heavy atom. The van der Waals surface area contributed by atoms with Crippen molar-refractivity contribution >= 4 is 40.2 Å². The number of para-hydroxylation sites is 1. The molecule has 0 spiro atoms. The number of fused-ring (bicyclic) bond motifs is 1. The lowest BCUT2D eigenvalue weighted by Crippen LogP contribution is -2.48. The molecule has 2 aromatic carbocycles. The van der Waals surface area contributed by atoms with Gasteiger partial charge in [0.1, 0.15) is 5.41 Å². The highest BCUT2D eigenvalue weighted by atomic mass is 16.5. The van der Waals surface area contributed by atoms with Crippen molar-refractivity contribution in [3.8, 4) is 0 Å². The summed E-state index contributed by atoms with van der Waals surface area (Å²) in [6.45, 7) is 3.49. The van der Waals surface area contributed by atoms with Gasteiger partial charge in [-0.2, -0.15) is 4.79 Å².